The third-order valence-electron chi connectivity index (χ3n) is 4.17. The molecule has 0 fully saturated rings. The molecule has 3 rings (SSSR count). The predicted molar refractivity (Wildman–Crippen MR) is 106 cm³/mol. The molecule has 0 atom stereocenters. The monoisotopic (exact) mass is 390 g/mol. The number of amides is 1. The van der Waals surface area contributed by atoms with Gasteiger partial charge in [0, 0.05) is 17.7 Å². The van der Waals surface area contributed by atoms with Crippen molar-refractivity contribution >= 4 is 17.6 Å². The Morgan fingerprint density at radius 2 is 1.48 bits per heavy atom. The van der Waals surface area contributed by atoms with Crippen molar-refractivity contribution in [3.05, 3.63) is 112 Å². The van der Waals surface area contributed by atoms with E-state index in [9.17, 15) is 19.7 Å². The fourth-order valence-electron chi connectivity index (χ4n) is 2.77. The van der Waals surface area contributed by atoms with Crippen molar-refractivity contribution < 1.29 is 19.2 Å². The standard InChI is InChI=1S/C22H18N2O5/c25-20(15-23-22(26)18-12-7-13-19(14-18)24(27)28)29-21(16-8-3-1-4-9-16)17-10-5-2-6-11-17/h1-14,21H,15H2,(H,23,26). The Hall–Kier alpha value is -4.00. The number of ether oxygens (including phenoxy) is 1. The molecule has 0 aliphatic carbocycles. The normalized spacial score (nSPS) is 10.4. The Morgan fingerprint density at radius 3 is 2.03 bits per heavy atom. The van der Waals surface area contributed by atoms with Crippen LogP contribution in [0.1, 0.15) is 27.6 Å². The van der Waals surface area contributed by atoms with Gasteiger partial charge in [0.05, 0.1) is 4.92 Å². The van der Waals surface area contributed by atoms with E-state index < -0.39 is 22.9 Å². The van der Waals surface area contributed by atoms with Crippen LogP contribution in [0.4, 0.5) is 5.69 Å². The molecular formula is C22H18N2O5. The lowest BCUT2D eigenvalue weighted by Gasteiger charge is -2.19. The van der Waals surface area contributed by atoms with E-state index in [1.54, 1.807) is 0 Å². The van der Waals surface area contributed by atoms with Gasteiger partial charge in [0.25, 0.3) is 11.6 Å². The van der Waals surface area contributed by atoms with Crippen molar-refractivity contribution in [3.63, 3.8) is 0 Å². The van der Waals surface area contributed by atoms with Crippen LogP contribution in [0.3, 0.4) is 0 Å². The summed E-state index contributed by atoms with van der Waals surface area (Å²) < 4.78 is 5.61. The van der Waals surface area contributed by atoms with Crippen LogP contribution in [0.15, 0.2) is 84.9 Å². The van der Waals surface area contributed by atoms with Crippen LogP contribution in [-0.4, -0.2) is 23.3 Å². The summed E-state index contributed by atoms with van der Waals surface area (Å²) >= 11 is 0. The second-order valence-corrected chi connectivity index (χ2v) is 6.18. The maximum Gasteiger partial charge on any atom is 0.326 e. The van der Waals surface area contributed by atoms with E-state index in [-0.39, 0.29) is 17.8 Å². The second kappa shape index (κ2) is 9.27. The number of carbonyl (C=O) groups excluding carboxylic acids is 2. The van der Waals surface area contributed by atoms with Crippen molar-refractivity contribution in [3.8, 4) is 0 Å². The summed E-state index contributed by atoms with van der Waals surface area (Å²) in [7, 11) is 0. The number of esters is 1. The van der Waals surface area contributed by atoms with Gasteiger partial charge in [-0.05, 0) is 17.2 Å². The first kappa shape index (κ1) is 19.8. The molecule has 0 aliphatic rings. The molecule has 0 aliphatic heterocycles. The summed E-state index contributed by atoms with van der Waals surface area (Å²) in [6, 6.07) is 23.8. The van der Waals surface area contributed by atoms with Gasteiger partial charge >= 0.3 is 5.97 Å². The Bertz CT molecular complexity index is 966. The fraction of sp³-hybridized carbons (Fsp3) is 0.0909. The zero-order chi connectivity index (χ0) is 20.6. The van der Waals surface area contributed by atoms with Gasteiger partial charge in [0.2, 0.25) is 0 Å². The van der Waals surface area contributed by atoms with Gasteiger partial charge in [-0.2, -0.15) is 0 Å². The molecule has 146 valence electrons. The van der Waals surface area contributed by atoms with E-state index in [1.165, 1.54) is 18.2 Å². The number of nitrogens with one attached hydrogen (secondary N) is 1. The summed E-state index contributed by atoms with van der Waals surface area (Å²) in [5.74, 6) is -1.22. The zero-order valence-corrected chi connectivity index (χ0v) is 15.4. The van der Waals surface area contributed by atoms with Crippen LogP contribution in [0.5, 0.6) is 0 Å². The first-order valence-electron chi connectivity index (χ1n) is 8.86. The highest BCUT2D eigenvalue weighted by Gasteiger charge is 2.19. The minimum atomic E-state index is -0.624. The van der Waals surface area contributed by atoms with Crippen LogP contribution in [0.25, 0.3) is 0 Å². The van der Waals surface area contributed by atoms with Crippen LogP contribution in [0.2, 0.25) is 0 Å². The average molecular weight is 390 g/mol. The van der Waals surface area contributed by atoms with Gasteiger partial charge in [0.15, 0.2) is 6.10 Å². The summed E-state index contributed by atoms with van der Waals surface area (Å²) in [5, 5.41) is 13.3. The first-order chi connectivity index (χ1) is 14.0. The number of benzene rings is 3. The molecule has 1 N–H and O–H groups in total. The van der Waals surface area contributed by atoms with Gasteiger partial charge in [-0.25, -0.2) is 0 Å². The van der Waals surface area contributed by atoms with Crippen LogP contribution >= 0.6 is 0 Å². The maximum atomic E-state index is 12.4. The molecule has 0 radical (unpaired) electrons. The lowest BCUT2D eigenvalue weighted by molar-refractivity contribution is -0.384. The van der Waals surface area contributed by atoms with Gasteiger partial charge in [-0.1, -0.05) is 66.7 Å². The second-order valence-electron chi connectivity index (χ2n) is 6.18. The maximum absolute atomic E-state index is 12.4. The molecule has 0 saturated carbocycles. The summed E-state index contributed by atoms with van der Waals surface area (Å²) in [6.07, 6.45) is -0.611. The summed E-state index contributed by atoms with van der Waals surface area (Å²) in [5.41, 5.74) is 1.50. The highest BCUT2D eigenvalue weighted by atomic mass is 16.6. The van der Waals surface area contributed by atoms with E-state index in [1.807, 2.05) is 60.7 Å². The molecule has 7 heteroatoms. The molecule has 0 unspecified atom stereocenters. The topological polar surface area (TPSA) is 98.5 Å². The smallest absolute Gasteiger partial charge is 0.326 e. The van der Waals surface area contributed by atoms with Crippen LogP contribution < -0.4 is 5.32 Å². The average Bonchev–Trinajstić information content (AvgIpc) is 2.77. The summed E-state index contributed by atoms with van der Waals surface area (Å²) in [6.45, 7) is -0.363. The van der Waals surface area contributed by atoms with Crippen molar-refractivity contribution in [1.82, 2.24) is 5.32 Å². The van der Waals surface area contributed by atoms with Gasteiger partial charge < -0.3 is 10.1 Å². The molecule has 7 nitrogen and oxygen atoms in total. The molecule has 1 amide bonds. The molecule has 3 aromatic carbocycles. The Balaban J connectivity index is 1.67. The molecule has 0 spiro atoms. The molecule has 0 saturated heterocycles. The molecule has 3 aromatic rings. The molecule has 29 heavy (non-hydrogen) atoms. The number of hydrogen-bond acceptors (Lipinski definition) is 5. The van der Waals surface area contributed by atoms with Crippen LogP contribution in [0, 0.1) is 10.1 Å². The third-order valence-corrected chi connectivity index (χ3v) is 4.17. The van der Waals surface area contributed by atoms with Crippen molar-refractivity contribution in [1.29, 1.82) is 0 Å². The van der Waals surface area contributed by atoms with E-state index in [0.717, 1.165) is 17.2 Å². The number of nitro groups is 1. The lowest BCUT2D eigenvalue weighted by Crippen LogP contribution is -2.31. The van der Waals surface area contributed by atoms with Crippen molar-refractivity contribution in [2.24, 2.45) is 0 Å². The van der Waals surface area contributed by atoms with Gasteiger partial charge in [-0.3, -0.25) is 19.7 Å². The number of non-ortho nitro benzene ring substituents is 1. The third kappa shape index (κ3) is 5.26. The number of nitro benzene ring substituents is 1. The highest BCUT2D eigenvalue weighted by Crippen LogP contribution is 2.25. The first-order valence-corrected chi connectivity index (χ1v) is 8.86. The van der Waals surface area contributed by atoms with E-state index in [2.05, 4.69) is 5.32 Å². The highest BCUT2D eigenvalue weighted by molar-refractivity contribution is 5.96. The Kier molecular flexibility index (Phi) is 6.32. The molecular weight excluding hydrogens is 372 g/mol. The van der Waals surface area contributed by atoms with E-state index in [0.29, 0.717) is 0 Å². The molecule has 0 bridgehead atoms. The molecule has 0 heterocycles. The van der Waals surface area contributed by atoms with E-state index in [4.69, 9.17) is 4.74 Å². The number of rotatable bonds is 7. The number of carbonyl (C=O) groups is 2. The Morgan fingerprint density at radius 1 is 0.897 bits per heavy atom. The van der Waals surface area contributed by atoms with Crippen molar-refractivity contribution in [2.75, 3.05) is 6.54 Å². The summed E-state index contributed by atoms with van der Waals surface area (Å²) in [4.78, 5) is 34.8. The number of nitrogens with zero attached hydrogens (tertiary/aromatic N) is 1. The fourth-order valence-corrected chi connectivity index (χ4v) is 2.77. The Labute approximate surface area is 167 Å². The predicted octanol–water partition coefficient (Wildman–Crippen LogP) is 3.66. The largest absolute Gasteiger partial charge is 0.451 e. The van der Waals surface area contributed by atoms with Gasteiger partial charge in [0.1, 0.15) is 6.54 Å². The minimum Gasteiger partial charge on any atom is -0.451 e. The van der Waals surface area contributed by atoms with Crippen LogP contribution in [-0.2, 0) is 9.53 Å². The van der Waals surface area contributed by atoms with E-state index >= 15 is 0 Å². The van der Waals surface area contributed by atoms with Gasteiger partial charge in [-0.15, -0.1) is 0 Å². The quantitative estimate of drug-likeness (QED) is 0.377. The zero-order valence-electron chi connectivity index (χ0n) is 15.4. The molecule has 0 aromatic heterocycles. The lowest BCUT2D eigenvalue weighted by atomic mass is 10.0. The minimum absolute atomic E-state index is 0.0923. The van der Waals surface area contributed by atoms with Crippen molar-refractivity contribution in [2.45, 2.75) is 6.10 Å². The number of hydrogen-bond donors (Lipinski definition) is 1. The SMILES string of the molecule is O=C(CNC(=O)c1cccc([N+](=O)[O-])c1)OC(c1ccccc1)c1ccccc1.